The molecule has 0 aliphatic heterocycles. The van der Waals surface area contributed by atoms with Crippen LogP contribution in [0.2, 0.25) is 0 Å². The molecule has 0 N–H and O–H groups in total. The molecular formula is C25H38. The van der Waals surface area contributed by atoms with E-state index in [0.29, 0.717) is 0 Å². The van der Waals surface area contributed by atoms with E-state index in [9.17, 15) is 0 Å². The van der Waals surface area contributed by atoms with Gasteiger partial charge in [0, 0.05) is 0 Å². The molecule has 0 bridgehead atoms. The van der Waals surface area contributed by atoms with Crippen LogP contribution >= 0.6 is 0 Å². The largest absolute Gasteiger partial charge is 0.0985 e. The minimum absolute atomic E-state index is 0.921. The van der Waals surface area contributed by atoms with Crippen molar-refractivity contribution in [1.82, 2.24) is 0 Å². The molecule has 0 radical (unpaired) electrons. The van der Waals surface area contributed by atoms with Gasteiger partial charge in [-0.2, -0.15) is 0 Å². The van der Waals surface area contributed by atoms with Gasteiger partial charge in [0.2, 0.25) is 0 Å². The molecule has 1 aromatic rings. The van der Waals surface area contributed by atoms with Crippen molar-refractivity contribution in [1.29, 1.82) is 0 Å². The number of hydrogen-bond acceptors (Lipinski definition) is 0. The van der Waals surface area contributed by atoms with Crippen LogP contribution in [-0.2, 0) is 6.42 Å². The minimum Gasteiger partial charge on any atom is -0.0985 e. The Bertz CT molecular complexity index is 559. The molecule has 0 heterocycles. The van der Waals surface area contributed by atoms with Crippen LogP contribution in [0, 0.1) is 5.92 Å². The lowest BCUT2D eigenvalue weighted by atomic mass is 9.89. The van der Waals surface area contributed by atoms with Crippen molar-refractivity contribution in [2.75, 3.05) is 0 Å². The summed E-state index contributed by atoms with van der Waals surface area (Å²) < 4.78 is 0. The van der Waals surface area contributed by atoms with Crippen molar-refractivity contribution >= 4 is 11.6 Å². The van der Waals surface area contributed by atoms with Gasteiger partial charge in [0.25, 0.3) is 0 Å². The highest BCUT2D eigenvalue weighted by molar-refractivity contribution is 5.75. The average molecular weight is 339 g/mol. The van der Waals surface area contributed by atoms with E-state index in [1.54, 1.807) is 0 Å². The van der Waals surface area contributed by atoms with Crippen LogP contribution < -0.4 is 0 Å². The molecule has 1 unspecified atom stereocenters. The van der Waals surface area contributed by atoms with Crippen molar-refractivity contribution in [2.45, 2.75) is 79.1 Å². The Morgan fingerprint density at radius 3 is 2.40 bits per heavy atom. The maximum absolute atomic E-state index is 3.93. The summed E-state index contributed by atoms with van der Waals surface area (Å²) >= 11 is 0. The summed E-state index contributed by atoms with van der Waals surface area (Å²) in [5.41, 5.74) is 5.31. The zero-order valence-electron chi connectivity index (χ0n) is 17.0. The molecule has 1 aromatic carbocycles. The molecule has 0 spiro atoms. The standard InChI is InChI=1S/C25H38/c1-6-11-15-21(13-7-2)16-12-17-23-18-19-25(22(9-4)10-5)20-24(23)14-8-3/h8-10,14,18-21H,4,6-7,11-13,15-17H2,1-3,5H3. The molecule has 138 valence electrons. The molecule has 0 aromatic heterocycles. The van der Waals surface area contributed by atoms with Crippen molar-refractivity contribution in [3.8, 4) is 0 Å². The SMILES string of the molecule is C=CC(=CC)c1ccc(CCCC(CCC)CCCC)c(C=CC)c1. The number of aryl methyl sites for hydroxylation is 1. The molecular weight excluding hydrogens is 300 g/mol. The van der Waals surface area contributed by atoms with E-state index in [2.05, 4.69) is 70.7 Å². The molecule has 25 heavy (non-hydrogen) atoms. The molecule has 0 aliphatic rings. The maximum atomic E-state index is 3.93. The van der Waals surface area contributed by atoms with Crippen LogP contribution in [0.5, 0.6) is 0 Å². The van der Waals surface area contributed by atoms with Gasteiger partial charge >= 0.3 is 0 Å². The first kappa shape index (κ1) is 21.5. The Labute approximate surface area is 156 Å². The first-order chi connectivity index (χ1) is 12.2. The predicted molar refractivity (Wildman–Crippen MR) is 116 cm³/mol. The van der Waals surface area contributed by atoms with E-state index < -0.39 is 0 Å². The Hall–Kier alpha value is -1.56. The second-order valence-corrected chi connectivity index (χ2v) is 7.05. The lowest BCUT2D eigenvalue weighted by Gasteiger charge is -2.16. The van der Waals surface area contributed by atoms with Crippen LogP contribution in [0.4, 0.5) is 0 Å². The highest BCUT2D eigenvalue weighted by atomic mass is 14.1. The van der Waals surface area contributed by atoms with Gasteiger partial charge in [-0.1, -0.05) is 95.4 Å². The Morgan fingerprint density at radius 1 is 1.04 bits per heavy atom. The monoisotopic (exact) mass is 338 g/mol. The zero-order valence-corrected chi connectivity index (χ0v) is 17.0. The van der Waals surface area contributed by atoms with Gasteiger partial charge in [0.15, 0.2) is 0 Å². The van der Waals surface area contributed by atoms with E-state index >= 15 is 0 Å². The second kappa shape index (κ2) is 12.8. The topological polar surface area (TPSA) is 0 Å². The molecule has 0 fully saturated rings. The molecule has 0 aliphatic carbocycles. The van der Waals surface area contributed by atoms with Gasteiger partial charge in [0.1, 0.15) is 0 Å². The summed E-state index contributed by atoms with van der Waals surface area (Å²) in [6.45, 7) is 12.7. The fourth-order valence-electron chi connectivity index (χ4n) is 3.65. The van der Waals surface area contributed by atoms with Crippen LogP contribution in [0.25, 0.3) is 11.6 Å². The van der Waals surface area contributed by atoms with Gasteiger partial charge in [0.05, 0.1) is 0 Å². The molecule has 1 atom stereocenters. The Kier molecular flexibility index (Phi) is 11.0. The number of unbranched alkanes of at least 4 members (excludes halogenated alkanes) is 1. The summed E-state index contributed by atoms with van der Waals surface area (Å²) in [7, 11) is 0. The third-order valence-electron chi connectivity index (χ3n) is 5.08. The van der Waals surface area contributed by atoms with E-state index in [4.69, 9.17) is 0 Å². The normalized spacial score (nSPS) is 13.4. The van der Waals surface area contributed by atoms with Gasteiger partial charge < -0.3 is 0 Å². The number of hydrogen-bond donors (Lipinski definition) is 0. The highest BCUT2D eigenvalue weighted by Gasteiger charge is 2.09. The molecule has 0 heteroatoms. The third-order valence-corrected chi connectivity index (χ3v) is 5.08. The lowest BCUT2D eigenvalue weighted by molar-refractivity contribution is 0.392. The van der Waals surface area contributed by atoms with Crippen molar-refractivity contribution in [3.63, 3.8) is 0 Å². The van der Waals surface area contributed by atoms with Crippen molar-refractivity contribution in [2.24, 2.45) is 5.92 Å². The fourth-order valence-corrected chi connectivity index (χ4v) is 3.65. The Morgan fingerprint density at radius 2 is 1.80 bits per heavy atom. The number of rotatable bonds is 12. The predicted octanol–water partition coefficient (Wildman–Crippen LogP) is 8.24. The number of allylic oxidation sites excluding steroid dienone is 4. The van der Waals surface area contributed by atoms with Crippen molar-refractivity contribution in [3.05, 3.63) is 59.7 Å². The molecule has 1 rings (SSSR count). The fraction of sp³-hybridized carbons (Fsp3) is 0.520. The van der Waals surface area contributed by atoms with Crippen molar-refractivity contribution < 1.29 is 0 Å². The molecule has 0 saturated carbocycles. The van der Waals surface area contributed by atoms with Crippen LogP contribution in [0.1, 0.15) is 89.3 Å². The average Bonchev–Trinajstić information content (AvgIpc) is 2.62. The van der Waals surface area contributed by atoms with Gasteiger partial charge in [-0.05, 0) is 60.9 Å². The summed E-state index contributed by atoms with van der Waals surface area (Å²) in [5.74, 6) is 0.921. The first-order valence-corrected chi connectivity index (χ1v) is 10.2. The van der Waals surface area contributed by atoms with Crippen LogP contribution in [-0.4, -0.2) is 0 Å². The quantitative estimate of drug-likeness (QED) is 0.337. The molecule has 0 amide bonds. The van der Waals surface area contributed by atoms with Gasteiger partial charge in [-0.3, -0.25) is 0 Å². The third kappa shape index (κ3) is 7.46. The Balaban J connectivity index is 2.78. The van der Waals surface area contributed by atoms with Crippen LogP contribution in [0.15, 0.2) is 43.0 Å². The summed E-state index contributed by atoms with van der Waals surface area (Å²) in [5, 5.41) is 0. The lowest BCUT2D eigenvalue weighted by Crippen LogP contribution is -2.02. The molecule has 0 nitrogen and oxygen atoms in total. The van der Waals surface area contributed by atoms with E-state index in [0.717, 1.165) is 5.92 Å². The smallest absolute Gasteiger partial charge is 0.0181 e. The number of benzene rings is 1. The second-order valence-electron chi connectivity index (χ2n) is 7.05. The van der Waals surface area contributed by atoms with Crippen LogP contribution in [0.3, 0.4) is 0 Å². The zero-order chi connectivity index (χ0) is 18.5. The maximum Gasteiger partial charge on any atom is -0.0181 e. The van der Waals surface area contributed by atoms with E-state index in [1.807, 2.05) is 6.08 Å². The first-order valence-electron chi connectivity index (χ1n) is 10.2. The highest BCUT2D eigenvalue weighted by Crippen LogP contribution is 2.25. The summed E-state index contributed by atoms with van der Waals surface area (Å²) in [6.07, 6.45) is 19.2. The summed E-state index contributed by atoms with van der Waals surface area (Å²) in [6, 6.07) is 6.88. The molecule has 0 saturated heterocycles. The van der Waals surface area contributed by atoms with Gasteiger partial charge in [-0.25, -0.2) is 0 Å². The minimum atomic E-state index is 0.921. The van der Waals surface area contributed by atoms with E-state index in [1.165, 1.54) is 73.6 Å². The summed E-state index contributed by atoms with van der Waals surface area (Å²) in [4.78, 5) is 0. The van der Waals surface area contributed by atoms with Gasteiger partial charge in [-0.15, -0.1) is 0 Å². The van der Waals surface area contributed by atoms with E-state index in [-0.39, 0.29) is 0 Å².